The molecule has 2 amide bonds. The maximum atomic E-state index is 14.0. The number of esters is 1. The summed E-state index contributed by atoms with van der Waals surface area (Å²) in [5, 5.41) is 10.5. The number of benzene rings is 4. The van der Waals surface area contributed by atoms with Crippen LogP contribution < -0.4 is 15.4 Å². The van der Waals surface area contributed by atoms with E-state index in [9.17, 15) is 14.4 Å². The number of ether oxygens (including phenoxy) is 2. The molecule has 2 aliphatic heterocycles. The predicted octanol–water partition coefficient (Wildman–Crippen LogP) is 6.72. The minimum atomic E-state index is -0.974. The zero-order valence-electron chi connectivity index (χ0n) is 31.1. The number of fused-ring (bicyclic) bond motifs is 1. The first-order chi connectivity index (χ1) is 27.9. The molecule has 2 aliphatic rings. The van der Waals surface area contributed by atoms with Gasteiger partial charge in [0.1, 0.15) is 41.6 Å². The van der Waals surface area contributed by atoms with Crippen molar-refractivity contribution in [1.29, 1.82) is 0 Å². The third-order valence-corrected chi connectivity index (χ3v) is 11.7. The molecule has 1 saturated heterocycles. The Hall–Kier alpha value is -5.70. The molecule has 3 heterocycles. The highest BCUT2D eigenvalue weighted by atomic mass is 35.5. The van der Waals surface area contributed by atoms with Gasteiger partial charge in [0.25, 0.3) is 11.8 Å². The highest BCUT2D eigenvalue weighted by Gasteiger charge is 2.54. The molecule has 1 fully saturated rings. The monoisotopic (exact) mass is 822 g/mol. The Morgan fingerprint density at radius 1 is 0.930 bits per heavy atom. The second-order valence-corrected chi connectivity index (χ2v) is 15.2. The first-order valence-corrected chi connectivity index (χ1v) is 20.6. The molecule has 0 radical (unpaired) electrons. The molecule has 4 aromatic carbocycles. The van der Waals surface area contributed by atoms with Crippen LogP contribution in [0.15, 0.2) is 132 Å². The highest BCUT2D eigenvalue weighted by Crippen LogP contribution is 2.42. The van der Waals surface area contributed by atoms with Gasteiger partial charge in [-0.3, -0.25) is 14.5 Å². The molecule has 0 unspecified atom stereocenters. The number of nitrogens with zero attached hydrogens (tertiary/aromatic N) is 4. The standard InChI is InChI=1S/C42H39ClN6O6S2/c1-3-23-55-47-33(36-45-41(57-48-36)46-42(29-13-7-4-8-14-29,30-15-9-5-10-16-30)31-17-11-6-12-18-31)37(50)44-34-38(51)49-35(28(24-43)26-56-39(34)49)40(52)54-25-27-19-21-32(53-2)22-20-27/h4-22,34,39H,3,23-26H2,1-2H3,(H,44,50)(H,45,46,48)/b47-33-/t34-,39-/m1/s1. The number of amides is 2. The smallest absolute Gasteiger partial charge is 0.355 e. The normalized spacial score (nSPS) is 16.6. The Morgan fingerprint density at radius 3 is 2.11 bits per heavy atom. The maximum Gasteiger partial charge on any atom is 0.355 e. The highest BCUT2D eigenvalue weighted by molar-refractivity contribution is 8.00. The number of oxime groups is 1. The number of hydrogen-bond acceptors (Lipinski definition) is 12. The molecule has 15 heteroatoms. The fraction of sp³-hybridized carbons (Fsp3) is 0.238. The number of rotatable bonds is 16. The average molecular weight is 823 g/mol. The molecule has 12 nitrogen and oxygen atoms in total. The largest absolute Gasteiger partial charge is 0.497 e. The van der Waals surface area contributed by atoms with E-state index in [-0.39, 0.29) is 36.3 Å². The summed E-state index contributed by atoms with van der Waals surface area (Å²) >= 11 is 8.70. The van der Waals surface area contributed by atoms with E-state index in [0.29, 0.717) is 28.6 Å². The number of nitrogens with one attached hydrogen (secondary N) is 2. The number of anilines is 1. The Labute approximate surface area is 343 Å². The minimum absolute atomic E-state index is 0.0138. The molecule has 0 bridgehead atoms. The van der Waals surface area contributed by atoms with Gasteiger partial charge in [-0.15, -0.1) is 23.4 Å². The molecule has 0 spiro atoms. The summed E-state index contributed by atoms with van der Waals surface area (Å²) in [6, 6.07) is 36.2. The summed E-state index contributed by atoms with van der Waals surface area (Å²) in [6.07, 6.45) is 0.644. The molecule has 0 aliphatic carbocycles. The molecule has 2 atom stereocenters. The van der Waals surface area contributed by atoms with Crippen LogP contribution in [0.3, 0.4) is 0 Å². The van der Waals surface area contributed by atoms with Crippen LogP contribution in [0, 0.1) is 0 Å². The number of aromatic nitrogens is 2. The molecule has 2 N–H and O–H groups in total. The zero-order valence-corrected chi connectivity index (χ0v) is 33.5. The van der Waals surface area contributed by atoms with Gasteiger partial charge < -0.3 is 24.9 Å². The van der Waals surface area contributed by atoms with Crippen molar-refractivity contribution in [3.8, 4) is 5.75 Å². The first-order valence-electron chi connectivity index (χ1n) is 18.2. The molecule has 1 aromatic heterocycles. The fourth-order valence-corrected chi connectivity index (χ4v) is 8.93. The van der Waals surface area contributed by atoms with Crippen molar-refractivity contribution in [3.05, 3.63) is 155 Å². The number of methoxy groups -OCH3 is 1. The molecule has 57 heavy (non-hydrogen) atoms. The second-order valence-electron chi connectivity index (χ2n) is 13.0. The summed E-state index contributed by atoms with van der Waals surface area (Å²) in [5.74, 6) is -0.772. The molecule has 5 aromatic rings. The lowest BCUT2D eigenvalue weighted by atomic mass is 9.77. The topological polar surface area (TPSA) is 144 Å². The van der Waals surface area contributed by atoms with Crippen LogP contribution in [0.5, 0.6) is 5.75 Å². The second kappa shape index (κ2) is 18.0. The molecule has 0 saturated carbocycles. The maximum absolute atomic E-state index is 14.0. The van der Waals surface area contributed by atoms with Gasteiger partial charge in [-0.25, -0.2) is 4.79 Å². The van der Waals surface area contributed by atoms with Gasteiger partial charge in [0.2, 0.25) is 16.7 Å². The van der Waals surface area contributed by atoms with Crippen LogP contribution in [0.2, 0.25) is 0 Å². The van der Waals surface area contributed by atoms with Crippen LogP contribution >= 0.6 is 34.9 Å². The van der Waals surface area contributed by atoms with Gasteiger partial charge in [0.15, 0.2) is 0 Å². The van der Waals surface area contributed by atoms with Gasteiger partial charge in [-0.05, 0) is 46.4 Å². The van der Waals surface area contributed by atoms with Gasteiger partial charge in [-0.2, -0.15) is 9.36 Å². The predicted molar refractivity (Wildman–Crippen MR) is 221 cm³/mol. The van der Waals surface area contributed by atoms with Crippen molar-refractivity contribution >= 4 is 63.5 Å². The van der Waals surface area contributed by atoms with E-state index in [1.165, 1.54) is 16.7 Å². The van der Waals surface area contributed by atoms with E-state index in [4.69, 9.17) is 30.9 Å². The van der Waals surface area contributed by atoms with Crippen molar-refractivity contribution in [2.75, 3.05) is 30.7 Å². The van der Waals surface area contributed by atoms with Crippen LogP contribution in [0.1, 0.15) is 41.4 Å². The van der Waals surface area contributed by atoms with E-state index >= 15 is 0 Å². The molecule has 7 rings (SSSR count). The van der Waals surface area contributed by atoms with Crippen molar-refractivity contribution in [2.45, 2.75) is 36.9 Å². The number of thioether (sulfide) groups is 1. The van der Waals surface area contributed by atoms with Gasteiger partial charge in [0, 0.05) is 23.2 Å². The Morgan fingerprint density at radius 2 is 1.54 bits per heavy atom. The number of β-lactam (4-membered cyclic amide) rings is 1. The van der Waals surface area contributed by atoms with Crippen molar-refractivity contribution in [1.82, 2.24) is 19.6 Å². The summed E-state index contributed by atoms with van der Waals surface area (Å²) in [6.45, 7) is 2.15. The molecular weight excluding hydrogens is 784 g/mol. The average Bonchev–Trinajstić information content (AvgIpc) is 3.73. The lowest BCUT2D eigenvalue weighted by molar-refractivity contribution is -0.153. The van der Waals surface area contributed by atoms with E-state index in [2.05, 4.69) is 20.2 Å². The van der Waals surface area contributed by atoms with Crippen molar-refractivity contribution in [3.63, 3.8) is 0 Å². The third kappa shape index (κ3) is 8.24. The van der Waals surface area contributed by atoms with E-state index < -0.39 is 34.7 Å². The third-order valence-electron chi connectivity index (χ3n) is 9.44. The summed E-state index contributed by atoms with van der Waals surface area (Å²) in [4.78, 5) is 52.8. The first kappa shape index (κ1) is 39.5. The van der Waals surface area contributed by atoms with Crippen LogP contribution in [-0.4, -0.2) is 74.5 Å². The number of halogens is 1. The van der Waals surface area contributed by atoms with Gasteiger partial charge in [-0.1, -0.05) is 115 Å². The molecular formula is C42H39ClN6O6S2. The number of hydrogen-bond donors (Lipinski definition) is 2. The lowest BCUT2D eigenvalue weighted by Gasteiger charge is -2.49. The van der Waals surface area contributed by atoms with Crippen LogP contribution in [0.4, 0.5) is 5.13 Å². The van der Waals surface area contributed by atoms with E-state index in [1.54, 1.807) is 31.4 Å². The van der Waals surface area contributed by atoms with Gasteiger partial charge >= 0.3 is 5.97 Å². The molecule has 292 valence electrons. The number of carbonyl (C=O) groups excluding carboxylic acids is 3. The van der Waals surface area contributed by atoms with Gasteiger partial charge in [0.05, 0.1) is 7.11 Å². The Balaban J connectivity index is 1.12. The fourth-order valence-electron chi connectivity index (χ4n) is 6.62. The van der Waals surface area contributed by atoms with Crippen molar-refractivity contribution in [2.24, 2.45) is 5.16 Å². The Kier molecular flexibility index (Phi) is 12.5. The van der Waals surface area contributed by atoms with E-state index in [1.807, 2.05) is 97.9 Å². The SMILES string of the molecule is CCCO/N=C(\C(=O)N[C@@H]1C(=O)N2C(C(=O)OCc3ccc(OC)cc3)=C(CCl)CS[C@H]12)c1nsc(NC(c2ccccc2)(c2ccccc2)c2ccccc2)n1. The minimum Gasteiger partial charge on any atom is -0.497 e. The van der Waals surface area contributed by atoms with Crippen LogP contribution in [-0.2, 0) is 36.1 Å². The zero-order chi connectivity index (χ0) is 39.8. The number of carbonyl (C=O) groups is 3. The van der Waals surface area contributed by atoms with E-state index in [0.717, 1.165) is 33.8 Å². The summed E-state index contributed by atoms with van der Waals surface area (Å²) in [7, 11) is 1.57. The summed E-state index contributed by atoms with van der Waals surface area (Å²) in [5.41, 5.74) is 3.21. The number of alkyl halides is 1. The quantitative estimate of drug-likeness (QED) is 0.0210. The van der Waals surface area contributed by atoms with Crippen LogP contribution in [0.25, 0.3) is 0 Å². The lowest BCUT2D eigenvalue weighted by Crippen LogP contribution is -2.71. The summed E-state index contributed by atoms with van der Waals surface area (Å²) < 4.78 is 15.4. The Bertz CT molecular complexity index is 2160. The van der Waals surface area contributed by atoms with Crippen molar-refractivity contribution < 1.29 is 28.7 Å².